The predicted molar refractivity (Wildman–Crippen MR) is 89.1 cm³/mol. The largest absolute Gasteiger partial charge is 0.352 e. The molecule has 1 amide bonds. The van der Waals surface area contributed by atoms with Gasteiger partial charge in [0.05, 0.1) is 0 Å². The number of benzene rings is 1. The quantitative estimate of drug-likeness (QED) is 0.720. The van der Waals surface area contributed by atoms with E-state index < -0.39 is 0 Å². The van der Waals surface area contributed by atoms with Crippen molar-refractivity contribution in [2.75, 3.05) is 6.54 Å². The first kappa shape index (κ1) is 17.7. The van der Waals surface area contributed by atoms with Crippen molar-refractivity contribution in [3.05, 3.63) is 35.4 Å². The van der Waals surface area contributed by atoms with E-state index in [0.717, 1.165) is 37.8 Å². The monoisotopic (exact) mass is 290 g/mol. The number of nitrogens with two attached hydrogens (primary N) is 1. The summed E-state index contributed by atoms with van der Waals surface area (Å²) in [6, 6.07) is 8.49. The highest BCUT2D eigenvalue weighted by Gasteiger charge is 2.12. The fraction of sp³-hybridized carbons (Fsp3) is 0.611. The molecule has 1 rings (SSSR count). The van der Waals surface area contributed by atoms with Gasteiger partial charge in [-0.15, -0.1) is 0 Å². The number of carbonyl (C=O) groups is 1. The first-order valence-electron chi connectivity index (χ1n) is 7.99. The second-order valence-corrected chi connectivity index (χ2v) is 6.68. The van der Waals surface area contributed by atoms with Gasteiger partial charge in [-0.1, -0.05) is 57.9 Å². The van der Waals surface area contributed by atoms with E-state index in [0.29, 0.717) is 13.0 Å². The fourth-order valence-corrected chi connectivity index (χ4v) is 2.20. The average molecular weight is 290 g/mol. The molecule has 0 fully saturated rings. The number of amides is 1. The van der Waals surface area contributed by atoms with Gasteiger partial charge in [-0.2, -0.15) is 0 Å². The summed E-state index contributed by atoms with van der Waals surface area (Å²) in [4.78, 5) is 11.7. The smallest absolute Gasteiger partial charge is 0.220 e. The number of nitrogens with one attached hydrogen (secondary N) is 1. The third-order valence-electron chi connectivity index (χ3n) is 3.67. The molecule has 3 N–H and O–H groups in total. The molecule has 0 heterocycles. The average Bonchev–Trinajstić information content (AvgIpc) is 2.44. The van der Waals surface area contributed by atoms with Gasteiger partial charge < -0.3 is 11.1 Å². The van der Waals surface area contributed by atoms with Crippen LogP contribution in [0.15, 0.2) is 24.3 Å². The lowest BCUT2D eigenvalue weighted by Gasteiger charge is -2.19. The molecule has 3 heteroatoms. The van der Waals surface area contributed by atoms with Crippen molar-refractivity contribution in [1.82, 2.24) is 5.32 Å². The van der Waals surface area contributed by atoms with Crippen LogP contribution in [0.25, 0.3) is 0 Å². The molecule has 0 aliphatic heterocycles. The minimum atomic E-state index is 0.141. The Hall–Kier alpha value is -1.35. The van der Waals surface area contributed by atoms with Crippen LogP contribution in [0.1, 0.15) is 64.0 Å². The van der Waals surface area contributed by atoms with Gasteiger partial charge in [0.1, 0.15) is 0 Å². The first-order valence-corrected chi connectivity index (χ1v) is 7.99. The Bertz CT molecular complexity index is 418. The highest BCUT2D eigenvalue weighted by Crippen LogP contribution is 2.22. The van der Waals surface area contributed by atoms with Crippen LogP contribution >= 0.6 is 0 Å². The SMILES string of the molecule is CC(C)(C)c1ccc(CNC(=O)CCCCCCN)cc1. The number of unbranched alkanes of at least 4 members (excludes halogenated alkanes) is 3. The molecule has 3 nitrogen and oxygen atoms in total. The van der Waals surface area contributed by atoms with Crippen molar-refractivity contribution in [2.45, 2.75) is 64.8 Å². The lowest BCUT2D eigenvalue weighted by atomic mass is 9.87. The van der Waals surface area contributed by atoms with Gasteiger partial charge in [0.15, 0.2) is 0 Å². The molecule has 0 aliphatic carbocycles. The van der Waals surface area contributed by atoms with Gasteiger partial charge in [0.2, 0.25) is 5.91 Å². The van der Waals surface area contributed by atoms with E-state index in [1.807, 2.05) is 0 Å². The molecule has 0 aromatic heterocycles. The zero-order chi connectivity index (χ0) is 15.7. The molecule has 0 aliphatic rings. The Morgan fingerprint density at radius 2 is 1.67 bits per heavy atom. The maximum Gasteiger partial charge on any atom is 0.220 e. The molecule has 0 saturated carbocycles. The van der Waals surface area contributed by atoms with E-state index in [-0.39, 0.29) is 11.3 Å². The van der Waals surface area contributed by atoms with Gasteiger partial charge in [-0.3, -0.25) is 4.79 Å². The van der Waals surface area contributed by atoms with Gasteiger partial charge in [-0.25, -0.2) is 0 Å². The van der Waals surface area contributed by atoms with E-state index >= 15 is 0 Å². The van der Waals surface area contributed by atoms with E-state index in [1.54, 1.807) is 0 Å². The Morgan fingerprint density at radius 3 is 2.24 bits per heavy atom. The summed E-state index contributed by atoms with van der Waals surface area (Å²) in [5, 5.41) is 2.98. The molecule has 0 unspecified atom stereocenters. The van der Waals surface area contributed by atoms with E-state index in [9.17, 15) is 4.79 Å². The molecule has 0 radical (unpaired) electrons. The van der Waals surface area contributed by atoms with Crippen molar-refractivity contribution >= 4 is 5.91 Å². The molecule has 118 valence electrons. The minimum Gasteiger partial charge on any atom is -0.352 e. The molecule has 0 saturated heterocycles. The molecule has 1 aromatic carbocycles. The van der Waals surface area contributed by atoms with Gasteiger partial charge in [-0.05, 0) is 35.9 Å². The van der Waals surface area contributed by atoms with Crippen LogP contribution in [0.4, 0.5) is 0 Å². The van der Waals surface area contributed by atoms with E-state index in [4.69, 9.17) is 5.73 Å². The molecule has 0 atom stereocenters. The Morgan fingerprint density at radius 1 is 1.05 bits per heavy atom. The lowest BCUT2D eigenvalue weighted by molar-refractivity contribution is -0.121. The van der Waals surface area contributed by atoms with Crippen LogP contribution in [0.5, 0.6) is 0 Å². The summed E-state index contributed by atoms with van der Waals surface area (Å²) in [5.74, 6) is 0.141. The number of hydrogen-bond donors (Lipinski definition) is 2. The fourth-order valence-electron chi connectivity index (χ4n) is 2.20. The zero-order valence-electron chi connectivity index (χ0n) is 13.7. The van der Waals surface area contributed by atoms with Crippen LogP contribution in [0.3, 0.4) is 0 Å². The normalized spacial score (nSPS) is 11.4. The first-order chi connectivity index (χ1) is 9.93. The Balaban J connectivity index is 2.27. The highest BCUT2D eigenvalue weighted by molar-refractivity contribution is 5.75. The molecular weight excluding hydrogens is 260 g/mol. The van der Waals surface area contributed by atoms with Crippen molar-refractivity contribution in [3.8, 4) is 0 Å². The number of hydrogen-bond acceptors (Lipinski definition) is 2. The van der Waals surface area contributed by atoms with E-state index in [1.165, 1.54) is 5.56 Å². The highest BCUT2D eigenvalue weighted by atomic mass is 16.1. The van der Waals surface area contributed by atoms with Crippen molar-refractivity contribution in [1.29, 1.82) is 0 Å². The van der Waals surface area contributed by atoms with Crippen molar-refractivity contribution < 1.29 is 4.79 Å². The molecule has 21 heavy (non-hydrogen) atoms. The maximum atomic E-state index is 11.7. The second-order valence-electron chi connectivity index (χ2n) is 6.68. The van der Waals surface area contributed by atoms with Crippen molar-refractivity contribution in [3.63, 3.8) is 0 Å². The lowest BCUT2D eigenvalue weighted by Crippen LogP contribution is -2.22. The van der Waals surface area contributed by atoms with Crippen LogP contribution < -0.4 is 11.1 Å². The Labute approximate surface area is 129 Å². The van der Waals surface area contributed by atoms with Crippen LogP contribution in [0.2, 0.25) is 0 Å². The van der Waals surface area contributed by atoms with Crippen molar-refractivity contribution in [2.24, 2.45) is 5.73 Å². The molecule has 0 bridgehead atoms. The summed E-state index contributed by atoms with van der Waals surface area (Å²) < 4.78 is 0. The number of rotatable bonds is 8. The third-order valence-corrected chi connectivity index (χ3v) is 3.67. The summed E-state index contributed by atoms with van der Waals surface area (Å²) >= 11 is 0. The van der Waals surface area contributed by atoms with Gasteiger partial charge in [0.25, 0.3) is 0 Å². The van der Waals surface area contributed by atoms with Crippen LogP contribution in [-0.4, -0.2) is 12.5 Å². The topological polar surface area (TPSA) is 55.1 Å². The van der Waals surface area contributed by atoms with E-state index in [2.05, 4.69) is 50.4 Å². The molecular formula is C18H30N2O. The number of carbonyl (C=O) groups excluding carboxylic acids is 1. The maximum absolute atomic E-state index is 11.7. The standard InChI is InChI=1S/C18H30N2O/c1-18(2,3)16-11-9-15(10-12-16)14-20-17(21)8-6-4-5-7-13-19/h9-12H,4-8,13-14,19H2,1-3H3,(H,20,21). The van der Waals surface area contributed by atoms with Gasteiger partial charge in [0, 0.05) is 13.0 Å². The van der Waals surface area contributed by atoms with Gasteiger partial charge >= 0.3 is 0 Å². The third kappa shape index (κ3) is 7.28. The minimum absolute atomic E-state index is 0.141. The summed E-state index contributed by atoms with van der Waals surface area (Å²) in [5.41, 5.74) is 8.08. The summed E-state index contributed by atoms with van der Waals surface area (Å²) in [6.07, 6.45) is 4.84. The molecule has 1 aromatic rings. The second kappa shape index (κ2) is 8.83. The zero-order valence-corrected chi connectivity index (χ0v) is 13.7. The summed E-state index contributed by atoms with van der Waals surface area (Å²) in [7, 11) is 0. The van der Waals surface area contributed by atoms with Crippen LogP contribution in [0, 0.1) is 0 Å². The predicted octanol–water partition coefficient (Wildman–Crippen LogP) is 3.51. The Kier molecular flexibility index (Phi) is 7.44. The van der Waals surface area contributed by atoms with Crippen LogP contribution in [-0.2, 0) is 16.8 Å². The molecule has 0 spiro atoms. The summed E-state index contributed by atoms with van der Waals surface area (Å²) in [6.45, 7) is 7.97.